The number of hydrogen-bond acceptors (Lipinski definition) is 3. The van der Waals surface area contributed by atoms with Crippen LogP contribution >= 0.6 is 0 Å². The van der Waals surface area contributed by atoms with E-state index in [-0.39, 0.29) is 11.6 Å². The third kappa shape index (κ3) is 5.53. The summed E-state index contributed by atoms with van der Waals surface area (Å²) in [6, 6.07) is 17.5. The maximum Gasteiger partial charge on any atom is 0.238 e. The summed E-state index contributed by atoms with van der Waals surface area (Å²) in [4.78, 5) is 0. The van der Waals surface area contributed by atoms with Gasteiger partial charge >= 0.3 is 0 Å². The molecule has 0 aliphatic heterocycles. The number of aromatic nitrogens is 2. The van der Waals surface area contributed by atoms with Gasteiger partial charge in [0.2, 0.25) is 10.0 Å². The second kappa shape index (κ2) is 9.85. The Bertz CT molecular complexity index is 987. The lowest BCUT2D eigenvalue weighted by atomic mass is 10.1. The summed E-state index contributed by atoms with van der Waals surface area (Å²) in [6.07, 6.45) is 3.14. The van der Waals surface area contributed by atoms with Crippen LogP contribution in [0.15, 0.2) is 79.5 Å². The van der Waals surface area contributed by atoms with Crippen LogP contribution in [-0.2, 0) is 16.6 Å². The maximum atomic E-state index is 12.2. The van der Waals surface area contributed by atoms with Gasteiger partial charge in [-0.1, -0.05) is 54.6 Å². The zero-order valence-electron chi connectivity index (χ0n) is 16.0. The van der Waals surface area contributed by atoms with E-state index in [1.54, 1.807) is 36.1 Å². The molecule has 3 aromatic rings. The maximum absolute atomic E-state index is 12.2. The van der Waals surface area contributed by atoms with Crippen molar-refractivity contribution in [1.29, 1.82) is 0 Å². The molecule has 0 fully saturated rings. The van der Waals surface area contributed by atoms with Crippen LogP contribution in [-0.4, -0.2) is 31.0 Å². The van der Waals surface area contributed by atoms with Crippen molar-refractivity contribution in [3.63, 3.8) is 0 Å². The summed E-state index contributed by atoms with van der Waals surface area (Å²) in [6.45, 7) is 6.14. The standard InChI is InChI=1S/C15H19N3O2S.C6H5F/c1-4-11-21(19,20)17(3)14-12-18(5-2)16-15(14)13-9-7-6-8-10-13;7-6-4-2-1-3-5-6/h4,6-10,12H,1,5,11H2,2-3H3;1-5H. The summed E-state index contributed by atoms with van der Waals surface area (Å²) in [5, 5.41) is 4.48. The van der Waals surface area contributed by atoms with E-state index in [0.717, 1.165) is 5.56 Å². The fourth-order valence-electron chi connectivity index (χ4n) is 2.43. The van der Waals surface area contributed by atoms with Gasteiger partial charge in [0.25, 0.3) is 0 Å². The molecular formula is C21H24FN3O2S. The van der Waals surface area contributed by atoms with Crippen LogP contribution in [0.1, 0.15) is 6.92 Å². The molecule has 0 radical (unpaired) electrons. The zero-order valence-corrected chi connectivity index (χ0v) is 16.8. The summed E-state index contributed by atoms with van der Waals surface area (Å²) in [5.41, 5.74) is 2.12. The Kier molecular flexibility index (Phi) is 7.52. The lowest BCUT2D eigenvalue weighted by Crippen LogP contribution is -2.28. The summed E-state index contributed by atoms with van der Waals surface area (Å²) in [7, 11) is -1.88. The highest BCUT2D eigenvalue weighted by atomic mass is 32.2. The summed E-state index contributed by atoms with van der Waals surface area (Å²) in [5.74, 6) is -0.280. The Balaban J connectivity index is 0.000000336. The molecule has 0 N–H and O–H groups in total. The van der Waals surface area contributed by atoms with Crippen LogP contribution in [0, 0.1) is 5.82 Å². The topological polar surface area (TPSA) is 55.2 Å². The molecule has 0 bridgehead atoms. The van der Waals surface area contributed by atoms with E-state index >= 15 is 0 Å². The van der Waals surface area contributed by atoms with Crippen LogP contribution in [0.4, 0.5) is 10.1 Å². The van der Waals surface area contributed by atoms with Crippen molar-refractivity contribution in [2.24, 2.45) is 0 Å². The molecule has 0 saturated carbocycles. The van der Waals surface area contributed by atoms with Crippen molar-refractivity contribution in [2.75, 3.05) is 17.1 Å². The molecule has 28 heavy (non-hydrogen) atoms. The number of nitrogens with zero attached hydrogens (tertiary/aromatic N) is 3. The predicted octanol–water partition coefficient (Wildman–Crippen LogP) is 4.35. The lowest BCUT2D eigenvalue weighted by Gasteiger charge is -2.18. The van der Waals surface area contributed by atoms with E-state index in [9.17, 15) is 12.8 Å². The van der Waals surface area contributed by atoms with E-state index in [1.165, 1.54) is 22.5 Å². The minimum atomic E-state index is -3.43. The van der Waals surface area contributed by atoms with Crippen LogP contribution < -0.4 is 4.31 Å². The van der Waals surface area contributed by atoms with E-state index < -0.39 is 10.0 Å². The first kappa shape index (κ1) is 21.4. The molecule has 3 rings (SSSR count). The first-order valence-electron chi connectivity index (χ1n) is 8.80. The van der Waals surface area contributed by atoms with Crippen molar-refractivity contribution < 1.29 is 12.8 Å². The van der Waals surface area contributed by atoms with Gasteiger partial charge < -0.3 is 0 Å². The van der Waals surface area contributed by atoms with Crippen molar-refractivity contribution in [2.45, 2.75) is 13.5 Å². The minimum Gasteiger partial charge on any atom is -0.270 e. The van der Waals surface area contributed by atoms with Gasteiger partial charge in [-0.05, 0) is 19.1 Å². The SMILES string of the molecule is C=CCS(=O)(=O)N(C)c1cn(CC)nc1-c1ccccc1.Fc1ccccc1. The van der Waals surface area contributed by atoms with Gasteiger partial charge in [0, 0.05) is 25.4 Å². The first-order valence-corrected chi connectivity index (χ1v) is 10.4. The number of rotatable bonds is 6. The smallest absolute Gasteiger partial charge is 0.238 e. The van der Waals surface area contributed by atoms with E-state index in [4.69, 9.17) is 0 Å². The summed E-state index contributed by atoms with van der Waals surface area (Å²) < 4.78 is 39.4. The van der Waals surface area contributed by atoms with Crippen LogP contribution in [0.25, 0.3) is 11.3 Å². The van der Waals surface area contributed by atoms with E-state index in [0.29, 0.717) is 17.9 Å². The third-order valence-electron chi connectivity index (χ3n) is 3.93. The third-order valence-corrected chi connectivity index (χ3v) is 5.62. The largest absolute Gasteiger partial charge is 0.270 e. The molecule has 1 heterocycles. The molecule has 148 valence electrons. The van der Waals surface area contributed by atoms with Gasteiger partial charge in [-0.3, -0.25) is 8.99 Å². The second-order valence-electron chi connectivity index (χ2n) is 5.91. The highest BCUT2D eigenvalue weighted by molar-refractivity contribution is 7.92. The van der Waals surface area contributed by atoms with Crippen LogP contribution in [0.2, 0.25) is 0 Å². The fraction of sp³-hybridized carbons (Fsp3) is 0.190. The summed E-state index contributed by atoms with van der Waals surface area (Å²) >= 11 is 0. The quantitative estimate of drug-likeness (QED) is 0.577. The Morgan fingerprint density at radius 3 is 2.14 bits per heavy atom. The second-order valence-corrected chi connectivity index (χ2v) is 7.96. The Hall–Kier alpha value is -2.93. The Morgan fingerprint density at radius 1 is 1.11 bits per heavy atom. The number of halogens is 1. The number of anilines is 1. The van der Waals surface area contributed by atoms with Crippen molar-refractivity contribution in [3.05, 3.63) is 85.3 Å². The molecule has 0 amide bonds. The molecule has 1 aromatic heterocycles. The normalized spacial score (nSPS) is 10.7. The van der Waals surface area contributed by atoms with Gasteiger partial charge in [0.05, 0.1) is 11.4 Å². The minimum absolute atomic E-state index is 0.102. The molecule has 0 spiro atoms. The van der Waals surface area contributed by atoms with Crippen molar-refractivity contribution >= 4 is 15.7 Å². The molecule has 0 atom stereocenters. The number of hydrogen-bond donors (Lipinski definition) is 0. The Labute approximate surface area is 165 Å². The molecular weight excluding hydrogens is 377 g/mol. The van der Waals surface area contributed by atoms with Gasteiger partial charge in [-0.2, -0.15) is 5.10 Å². The lowest BCUT2D eigenvalue weighted by molar-refractivity contribution is 0.597. The molecule has 0 saturated heterocycles. The van der Waals surface area contributed by atoms with Crippen molar-refractivity contribution in [3.8, 4) is 11.3 Å². The molecule has 5 nitrogen and oxygen atoms in total. The average molecular weight is 402 g/mol. The fourth-order valence-corrected chi connectivity index (χ4v) is 3.38. The highest BCUT2D eigenvalue weighted by Crippen LogP contribution is 2.30. The number of sulfonamides is 1. The van der Waals surface area contributed by atoms with E-state index in [2.05, 4.69) is 11.7 Å². The van der Waals surface area contributed by atoms with Crippen LogP contribution in [0.5, 0.6) is 0 Å². The van der Waals surface area contributed by atoms with Gasteiger partial charge in [-0.25, -0.2) is 12.8 Å². The molecule has 0 unspecified atom stereocenters. The molecule has 0 aliphatic rings. The van der Waals surface area contributed by atoms with E-state index in [1.807, 2.05) is 37.3 Å². The van der Waals surface area contributed by atoms with Gasteiger partial charge in [0.1, 0.15) is 11.5 Å². The molecule has 7 heteroatoms. The zero-order chi connectivity index (χ0) is 20.6. The van der Waals surface area contributed by atoms with Crippen LogP contribution in [0.3, 0.4) is 0 Å². The predicted molar refractivity (Wildman–Crippen MR) is 112 cm³/mol. The van der Waals surface area contributed by atoms with Gasteiger partial charge in [-0.15, -0.1) is 6.58 Å². The highest BCUT2D eigenvalue weighted by Gasteiger charge is 2.22. The number of aryl methyl sites for hydroxylation is 1. The average Bonchev–Trinajstić information content (AvgIpc) is 3.13. The van der Waals surface area contributed by atoms with Gasteiger partial charge in [0.15, 0.2) is 0 Å². The molecule has 2 aromatic carbocycles. The molecule has 0 aliphatic carbocycles. The monoisotopic (exact) mass is 401 g/mol. The Morgan fingerprint density at radius 2 is 1.68 bits per heavy atom. The first-order chi connectivity index (χ1) is 13.4. The van der Waals surface area contributed by atoms with Crippen molar-refractivity contribution in [1.82, 2.24) is 9.78 Å². The number of benzene rings is 2.